The minimum atomic E-state index is 0.153. The van der Waals surface area contributed by atoms with Crippen LogP contribution in [-0.4, -0.2) is 5.78 Å². The first-order valence-corrected chi connectivity index (χ1v) is 7.33. The molecule has 0 amide bonds. The van der Waals surface area contributed by atoms with Crippen LogP contribution >= 0.6 is 0 Å². The Labute approximate surface area is 112 Å². The molecule has 0 saturated carbocycles. The number of ketones is 1. The molecule has 1 aliphatic rings. The Balaban J connectivity index is 2.80. The predicted molar refractivity (Wildman–Crippen MR) is 78.6 cm³/mol. The van der Waals surface area contributed by atoms with Crippen molar-refractivity contribution in [1.82, 2.24) is 0 Å². The molecular formula is C17H28O. The zero-order chi connectivity index (χ0) is 13.5. The maximum Gasteiger partial charge on any atom is 0.136 e. The lowest BCUT2D eigenvalue weighted by Crippen LogP contribution is -2.14. The van der Waals surface area contributed by atoms with E-state index in [1.54, 1.807) is 6.92 Å². The number of hydrogen-bond acceptors (Lipinski definition) is 1. The van der Waals surface area contributed by atoms with Gasteiger partial charge in [0.05, 0.1) is 0 Å². The molecule has 0 heterocycles. The van der Waals surface area contributed by atoms with Crippen molar-refractivity contribution in [2.45, 2.75) is 66.2 Å². The number of allylic oxidation sites excluding steroid dienone is 4. The Morgan fingerprint density at radius 2 is 1.89 bits per heavy atom. The van der Waals surface area contributed by atoms with E-state index in [2.05, 4.69) is 32.9 Å². The van der Waals surface area contributed by atoms with Gasteiger partial charge in [0.15, 0.2) is 0 Å². The van der Waals surface area contributed by atoms with Crippen LogP contribution in [0, 0.1) is 11.8 Å². The van der Waals surface area contributed by atoms with Crippen LogP contribution in [0.3, 0.4) is 0 Å². The molecule has 0 spiro atoms. The van der Waals surface area contributed by atoms with Gasteiger partial charge in [-0.15, -0.1) is 0 Å². The Bertz CT molecular complexity index is 336. The van der Waals surface area contributed by atoms with Gasteiger partial charge in [-0.25, -0.2) is 0 Å². The van der Waals surface area contributed by atoms with E-state index in [1.807, 2.05) is 0 Å². The van der Waals surface area contributed by atoms with Crippen LogP contribution in [0.2, 0.25) is 0 Å². The minimum Gasteiger partial charge on any atom is -0.299 e. The molecule has 0 radical (unpaired) electrons. The molecule has 0 aliphatic heterocycles. The van der Waals surface area contributed by atoms with Crippen LogP contribution in [-0.2, 0) is 4.79 Å². The van der Waals surface area contributed by atoms with E-state index < -0.39 is 0 Å². The summed E-state index contributed by atoms with van der Waals surface area (Å²) in [5.74, 6) is 1.22. The van der Waals surface area contributed by atoms with Crippen molar-refractivity contribution >= 4 is 5.78 Å². The largest absolute Gasteiger partial charge is 0.299 e. The van der Waals surface area contributed by atoms with Crippen LogP contribution in [0.1, 0.15) is 66.2 Å². The molecule has 0 bridgehead atoms. The normalized spacial score (nSPS) is 27.6. The van der Waals surface area contributed by atoms with E-state index in [-0.39, 0.29) is 5.92 Å². The number of Topliss-reactive ketones (excluding diaryl/α,β-unsaturated/α-hetero) is 1. The van der Waals surface area contributed by atoms with E-state index in [1.165, 1.54) is 36.8 Å². The second kappa shape index (κ2) is 7.56. The third kappa shape index (κ3) is 5.20. The molecule has 0 fully saturated rings. The van der Waals surface area contributed by atoms with Gasteiger partial charge in [-0.05, 0) is 58.8 Å². The first-order chi connectivity index (χ1) is 8.50. The third-order valence-electron chi connectivity index (χ3n) is 4.16. The lowest BCUT2D eigenvalue weighted by molar-refractivity contribution is -0.119. The number of carbonyl (C=O) groups excluding carboxylic acids is 1. The van der Waals surface area contributed by atoms with E-state index >= 15 is 0 Å². The van der Waals surface area contributed by atoms with E-state index in [0.717, 1.165) is 18.8 Å². The van der Waals surface area contributed by atoms with Crippen LogP contribution in [0.4, 0.5) is 0 Å². The molecule has 2 atom stereocenters. The van der Waals surface area contributed by atoms with Crippen molar-refractivity contribution in [1.29, 1.82) is 0 Å². The van der Waals surface area contributed by atoms with Gasteiger partial charge in [0.25, 0.3) is 0 Å². The quantitative estimate of drug-likeness (QED) is 0.592. The predicted octanol–water partition coefficient (Wildman–Crippen LogP) is 5.07. The van der Waals surface area contributed by atoms with Gasteiger partial charge in [0, 0.05) is 5.92 Å². The molecule has 2 unspecified atom stereocenters. The maximum absolute atomic E-state index is 11.7. The van der Waals surface area contributed by atoms with Gasteiger partial charge in [-0.1, -0.05) is 36.6 Å². The topological polar surface area (TPSA) is 17.1 Å². The van der Waals surface area contributed by atoms with Crippen LogP contribution in [0.5, 0.6) is 0 Å². The molecule has 1 aliphatic carbocycles. The molecule has 1 nitrogen and oxygen atoms in total. The van der Waals surface area contributed by atoms with Crippen molar-refractivity contribution < 1.29 is 4.79 Å². The SMILES string of the molecule is CC(=O)C1CCC(C)CCCC(C)=CCC=C1C. The van der Waals surface area contributed by atoms with Crippen molar-refractivity contribution in [3.05, 3.63) is 23.3 Å². The van der Waals surface area contributed by atoms with Gasteiger partial charge in [0.2, 0.25) is 0 Å². The molecule has 1 heteroatoms. The molecule has 0 N–H and O–H groups in total. The number of rotatable bonds is 1. The molecule has 0 aromatic heterocycles. The Morgan fingerprint density at radius 3 is 2.56 bits per heavy atom. The van der Waals surface area contributed by atoms with Gasteiger partial charge in [-0.2, -0.15) is 0 Å². The fraction of sp³-hybridized carbons (Fsp3) is 0.706. The first kappa shape index (κ1) is 15.2. The summed E-state index contributed by atoms with van der Waals surface area (Å²) in [6.07, 6.45) is 11.5. The molecule has 0 aromatic carbocycles. The van der Waals surface area contributed by atoms with Crippen LogP contribution in [0.15, 0.2) is 23.3 Å². The molecule has 0 saturated heterocycles. The maximum atomic E-state index is 11.7. The van der Waals surface area contributed by atoms with Gasteiger partial charge in [0.1, 0.15) is 5.78 Å². The molecular weight excluding hydrogens is 220 g/mol. The number of hydrogen-bond donors (Lipinski definition) is 0. The summed E-state index contributed by atoms with van der Waals surface area (Å²) in [5.41, 5.74) is 2.76. The average Bonchev–Trinajstić information content (AvgIpc) is 2.27. The van der Waals surface area contributed by atoms with Gasteiger partial charge in [-0.3, -0.25) is 4.79 Å². The highest BCUT2D eigenvalue weighted by Gasteiger charge is 2.17. The summed E-state index contributed by atoms with van der Waals surface area (Å²) in [6, 6.07) is 0. The van der Waals surface area contributed by atoms with Gasteiger partial charge >= 0.3 is 0 Å². The average molecular weight is 248 g/mol. The number of carbonyl (C=O) groups is 1. The summed E-state index contributed by atoms with van der Waals surface area (Å²) in [4.78, 5) is 11.7. The second-order valence-electron chi connectivity index (χ2n) is 5.97. The standard InChI is InChI=1S/C17H28O/c1-13-7-5-8-14(2)11-12-17(16(4)18)15(3)10-6-9-13/h9-10,14,17H,5-8,11-12H2,1-4H3. The smallest absolute Gasteiger partial charge is 0.136 e. The Hall–Kier alpha value is -0.850. The molecule has 0 aromatic rings. The molecule has 1 rings (SSSR count). The minimum absolute atomic E-state index is 0.153. The van der Waals surface area contributed by atoms with Crippen LogP contribution < -0.4 is 0 Å². The first-order valence-electron chi connectivity index (χ1n) is 7.33. The highest BCUT2D eigenvalue weighted by Crippen LogP contribution is 2.25. The van der Waals surface area contributed by atoms with E-state index in [0.29, 0.717) is 5.78 Å². The second-order valence-corrected chi connectivity index (χ2v) is 5.97. The summed E-state index contributed by atoms with van der Waals surface area (Å²) < 4.78 is 0. The monoisotopic (exact) mass is 248 g/mol. The van der Waals surface area contributed by atoms with Crippen molar-refractivity contribution in [3.63, 3.8) is 0 Å². The summed E-state index contributed by atoms with van der Waals surface area (Å²) in [7, 11) is 0. The highest BCUT2D eigenvalue weighted by atomic mass is 16.1. The van der Waals surface area contributed by atoms with E-state index in [9.17, 15) is 4.79 Å². The highest BCUT2D eigenvalue weighted by molar-refractivity contribution is 5.81. The lowest BCUT2D eigenvalue weighted by atomic mass is 9.86. The zero-order valence-corrected chi connectivity index (χ0v) is 12.5. The zero-order valence-electron chi connectivity index (χ0n) is 12.5. The van der Waals surface area contributed by atoms with Crippen molar-refractivity contribution in [2.24, 2.45) is 11.8 Å². The van der Waals surface area contributed by atoms with Crippen molar-refractivity contribution in [3.8, 4) is 0 Å². The summed E-state index contributed by atoms with van der Waals surface area (Å²) in [5, 5.41) is 0. The molecule has 102 valence electrons. The summed E-state index contributed by atoms with van der Waals surface area (Å²) >= 11 is 0. The van der Waals surface area contributed by atoms with Crippen molar-refractivity contribution in [2.75, 3.05) is 0 Å². The molecule has 18 heavy (non-hydrogen) atoms. The third-order valence-corrected chi connectivity index (χ3v) is 4.16. The summed E-state index contributed by atoms with van der Waals surface area (Å²) in [6.45, 7) is 8.40. The fourth-order valence-corrected chi connectivity index (χ4v) is 2.77. The van der Waals surface area contributed by atoms with E-state index in [4.69, 9.17) is 0 Å². The Kier molecular flexibility index (Phi) is 6.38. The Morgan fingerprint density at radius 1 is 1.17 bits per heavy atom. The van der Waals surface area contributed by atoms with Crippen LogP contribution in [0.25, 0.3) is 0 Å². The van der Waals surface area contributed by atoms with Gasteiger partial charge < -0.3 is 0 Å². The fourth-order valence-electron chi connectivity index (χ4n) is 2.77. The lowest BCUT2D eigenvalue weighted by Gasteiger charge is -2.18.